The van der Waals surface area contributed by atoms with E-state index in [0.717, 1.165) is 17.0 Å². The zero-order chi connectivity index (χ0) is 23.1. The summed E-state index contributed by atoms with van der Waals surface area (Å²) in [6.07, 6.45) is 5.53. The van der Waals surface area contributed by atoms with Crippen molar-refractivity contribution >= 4 is 34.8 Å². The molecule has 0 aromatic heterocycles. The summed E-state index contributed by atoms with van der Waals surface area (Å²) in [6.45, 7) is 0.424. The van der Waals surface area contributed by atoms with Crippen molar-refractivity contribution in [2.45, 2.75) is 38.0 Å². The molecule has 1 aromatic rings. The molecule has 3 amide bonds. The minimum absolute atomic E-state index is 0.0451. The molecule has 10 heteroatoms. The van der Waals surface area contributed by atoms with Gasteiger partial charge in [-0.05, 0) is 48.3 Å². The van der Waals surface area contributed by atoms with Gasteiger partial charge in [-0.1, -0.05) is 42.5 Å². The molecule has 1 aromatic carbocycles. The molecular weight excluding hydrogens is 450 g/mol. The third-order valence-corrected chi connectivity index (χ3v) is 7.17. The van der Waals surface area contributed by atoms with Gasteiger partial charge in [-0.3, -0.25) is 19.2 Å². The highest BCUT2D eigenvalue weighted by Crippen LogP contribution is 2.52. The molecule has 1 saturated carbocycles. The van der Waals surface area contributed by atoms with Gasteiger partial charge in [0.05, 0.1) is 17.9 Å². The molecule has 9 nitrogen and oxygen atoms in total. The number of carbonyl (C=O) groups is 4. The van der Waals surface area contributed by atoms with Crippen LogP contribution in [0.5, 0.6) is 0 Å². The number of nitrogens with zero attached hydrogens (tertiary/aromatic N) is 2. The van der Waals surface area contributed by atoms with Crippen molar-refractivity contribution in [2.75, 3.05) is 6.54 Å². The van der Waals surface area contributed by atoms with Crippen LogP contribution in [0.2, 0.25) is 0 Å². The first-order chi connectivity index (χ1) is 15.9. The molecule has 174 valence electrons. The van der Waals surface area contributed by atoms with Crippen LogP contribution < -0.4 is 5.32 Å². The molecule has 33 heavy (non-hydrogen) atoms. The van der Waals surface area contributed by atoms with Gasteiger partial charge >= 0.3 is 11.3 Å². The van der Waals surface area contributed by atoms with Gasteiger partial charge in [0.2, 0.25) is 0 Å². The van der Waals surface area contributed by atoms with Gasteiger partial charge in [-0.25, -0.2) is 9.86 Å². The van der Waals surface area contributed by atoms with E-state index in [1.807, 2.05) is 42.5 Å². The summed E-state index contributed by atoms with van der Waals surface area (Å²) in [5.74, 6) is -2.31. The lowest BCUT2D eigenvalue weighted by atomic mass is 9.85. The number of hydrogen-bond acceptors (Lipinski definition) is 7. The predicted octanol–water partition coefficient (Wildman–Crippen LogP) is 2.16. The second-order valence-electron chi connectivity index (χ2n) is 8.91. The Morgan fingerprint density at radius 2 is 1.73 bits per heavy atom. The molecular formula is C23H24ClN3O6. The molecule has 5 rings (SSSR count). The van der Waals surface area contributed by atoms with Crippen LogP contribution in [-0.2, 0) is 30.7 Å². The number of rotatable bonds is 6. The fourth-order valence-corrected chi connectivity index (χ4v) is 5.57. The highest BCUT2D eigenvalue weighted by molar-refractivity contribution is 6.62. The normalized spacial score (nSPS) is 32.2. The van der Waals surface area contributed by atoms with E-state index in [0.29, 0.717) is 17.9 Å². The summed E-state index contributed by atoms with van der Waals surface area (Å²) in [7, 11) is 0. The number of hydroxylamine groups is 4. The number of allylic oxidation sites excluding steroid dienone is 2. The summed E-state index contributed by atoms with van der Waals surface area (Å²) >= 11 is 5.72. The van der Waals surface area contributed by atoms with E-state index in [1.165, 1.54) is 0 Å². The minimum atomic E-state index is -0.748. The Kier molecular flexibility index (Phi) is 5.94. The lowest BCUT2D eigenvalue weighted by Gasteiger charge is -2.34. The van der Waals surface area contributed by atoms with Crippen molar-refractivity contribution in [2.24, 2.45) is 23.7 Å². The summed E-state index contributed by atoms with van der Waals surface area (Å²) in [5, 5.41) is 4.04. The molecule has 1 N–H and O–H groups in total. The van der Waals surface area contributed by atoms with E-state index in [1.54, 1.807) is 0 Å². The molecule has 6 atom stereocenters. The lowest BCUT2D eigenvalue weighted by Crippen LogP contribution is -2.54. The van der Waals surface area contributed by atoms with Crippen LogP contribution in [0.15, 0.2) is 42.5 Å². The number of fused-ring (bicyclic) bond motifs is 5. The highest BCUT2D eigenvalue weighted by Gasteiger charge is 2.61. The molecule has 0 unspecified atom stereocenters. The maximum absolute atomic E-state index is 12.7. The highest BCUT2D eigenvalue weighted by atomic mass is 35.5. The number of carbonyl (C=O) groups excluding carboxylic acids is 4. The number of hydrogen-bond donors (Lipinski definition) is 1. The fourth-order valence-electron chi connectivity index (χ4n) is 5.38. The SMILES string of the molecule is O=C(ON1C(=O)[C@@H]2[C@H](C1=O)[C@@H]1C=C[C@H]2C1)[C@@H]1CC[C@@H](N(OCc2ccccc2)C(=O)Cl)CN1. The molecule has 4 aliphatic rings. The quantitative estimate of drug-likeness (QED) is 0.222. The monoisotopic (exact) mass is 473 g/mol. The zero-order valence-electron chi connectivity index (χ0n) is 17.8. The van der Waals surface area contributed by atoms with Crippen molar-refractivity contribution in [1.29, 1.82) is 0 Å². The Morgan fingerprint density at radius 3 is 2.30 bits per heavy atom. The van der Waals surface area contributed by atoms with Crippen LogP contribution in [0.3, 0.4) is 0 Å². The second-order valence-corrected chi connectivity index (χ2v) is 9.23. The Balaban J connectivity index is 1.14. The van der Waals surface area contributed by atoms with Crippen molar-refractivity contribution < 1.29 is 28.9 Å². The van der Waals surface area contributed by atoms with Gasteiger partial charge in [0.25, 0.3) is 11.8 Å². The smallest absolute Gasteiger partial charge is 0.329 e. The van der Waals surface area contributed by atoms with E-state index in [9.17, 15) is 19.2 Å². The predicted molar refractivity (Wildman–Crippen MR) is 115 cm³/mol. The van der Waals surface area contributed by atoms with E-state index in [2.05, 4.69) is 5.32 Å². The van der Waals surface area contributed by atoms with Crippen molar-refractivity contribution in [1.82, 2.24) is 15.4 Å². The van der Waals surface area contributed by atoms with Crippen molar-refractivity contribution in [3.8, 4) is 0 Å². The van der Waals surface area contributed by atoms with Crippen molar-refractivity contribution in [3.63, 3.8) is 0 Å². The topological polar surface area (TPSA) is 105 Å². The first-order valence-corrected chi connectivity index (χ1v) is 11.5. The standard InChI is InChI=1S/C23H24ClN3O6/c24-23(31)26(32-12-13-4-2-1-3-5-13)16-8-9-17(25-11-16)22(30)33-27-20(28)18-14-6-7-15(10-14)19(18)21(27)29/h1-7,14-19,25H,8-12H2/t14-,15+,16-,17+,18-,19+/m1/s1. The molecule has 2 aliphatic carbocycles. The van der Waals surface area contributed by atoms with E-state index < -0.39 is 41.0 Å². The molecule has 2 aliphatic heterocycles. The molecule has 3 fully saturated rings. The Hall–Kier alpha value is -2.75. The lowest BCUT2D eigenvalue weighted by molar-refractivity contribution is -0.202. The molecule has 2 heterocycles. The van der Waals surface area contributed by atoms with E-state index >= 15 is 0 Å². The van der Waals surface area contributed by atoms with Crippen LogP contribution in [0, 0.1) is 23.7 Å². The van der Waals surface area contributed by atoms with Gasteiger partial charge in [-0.2, -0.15) is 0 Å². The minimum Gasteiger partial charge on any atom is -0.329 e. The number of piperidine rings is 1. The van der Waals surface area contributed by atoms with E-state index in [-0.39, 0.29) is 31.0 Å². The fraction of sp³-hybridized carbons (Fsp3) is 0.478. The van der Waals surface area contributed by atoms with Gasteiger partial charge in [0, 0.05) is 6.54 Å². The van der Waals surface area contributed by atoms with Gasteiger partial charge in [-0.15, -0.1) is 5.06 Å². The van der Waals surface area contributed by atoms with Crippen LogP contribution in [0.25, 0.3) is 0 Å². The molecule has 2 saturated heterocycles. The summed E-state index contributed by atoms with van der Waals surface area (Å²) in [5.41, 5.74) is 0.888. The third-order valence-electron chi connectivity index (χ3n) is 7.00. The summed E-state index contributed by atoms with van der Waals surface area (Å²) in [6, 6.07) is 8.28. The van der Waals surface area contributed by atoms with Gasteiger partial charge in [0.1, 0.15) is 12.6 Å². The number of amides is 3. The largest absolute Gasteiger partial charge is 0.349 e. The molecule has 0 radical (unpaired) electrons. The first-order valence-electron chi connectivity index (χ1n) is 11.1. The Labute approximate surface area is 195 Å². The summed E-state index contributed by atoms with van der Waals surface area (Å²) < 4.78 is 0. The van der Waals surface area contributed by atoms with E-state index in [4.69, 9.17) is 21.3 Å². The van der Waals surface area contributed by atoms with Crippen LogP contribution in [0.4, 0.5) is 4.79 Å². The average Bonchev–Trinajstić information content (AvgIpc) is 3.50. The summed E-state index contributed by atoms with van der Waals surface area (Å²) in [4.78, 5) is 60.9. The Bertz CT molecular complexity index is 963. The van der Waals surface area contributed by atoms with Crippen molar-refractivity contribution in [3.05, 3.63) is 48.0 Å². The number of imide groups is 1. The maximum atomic E-state index is 12.7. The number of halogens is 1. The molecule has 0 spiro atoms. The van der Waals surface area contributed by atoms with Crippen LogP contribution in [-0.4, -0.2) is 51.9 Å². The average molecular weight is 474 g/mol. The first kappa shape index (κ1) is 22.1. The Morgan fingerprint density at radius 1 is 1.06 bits per heavy atom. The third kappa shape index (κ3) is 4.05. The van der Waals surface area contributed by atoms with Gasteiger partial charge in [0.15, 0.2) is 0 Å². The van der Waals surface area contributed by atoms with Crippen LogP contribution in [0.1, 0.15) is 24.8 Å². The second kappa shape index (κ2) is 8.89. The number of benzene rings is 1. The van der Waals surface area contributed by atoms with Crippen LogP contribution >= 0.6 is 11.6 Å². The number of nitrogens with one attached hydrogen (secondary N) is 1. The maximum Gasteiger partial charge on any atom is 0.349 e. The molecule has 2 bridgehead atoms. The van der Waals surface area contributed by atoms with Gasteiger partial charge < -0.3 is 10.2 Å². The zero-order valence-corrected chi connectivity index (χ0v) is 18.5.